The molecule has 0 aliphatic rings. The molecule has 0 saturated carbocycles. The second kappa shape index (κ2) is 6.66. The molecule has 1 aromatic rings. The summed E-state index contributed by atoms with van der Waals surface area (Å²) in [6, 6.07) is 1.99. The third-order valence-corrected chi connectivity index (χ3v) is 2.78. The summed E-state index contributed by atoms with van der Waals surface area (Å²) >= 11 is 0. The molecule has 0 saturated heterocycles. The summed E-state index contributed by atoms with van der Waals surface area (Å²) in [5.41, 5.74) is 1.17. The van der Waals surface area contributed by atoms with Crippen molar-refractivity contribution in [3.05, 3.63) is 18.0 Å². The number of aliphatic hydroxyl groups is 1. The Morgan fingerprint density at radius 1 is 1.56 bits per heavy atom. The van der Waals surface area contributed by atoms with Gasteiger partial charge in [-0.25, -0.2) is 0 Å². The number of aliphatic hydroxyl groups excluding tert-OH is 1. The van der Waals surface area contributed by atoms with E-state index in [1.54, 1.807) is 13.3 Å². The summed E-state index contributed by atoms with van der Waals surface area (Å²) in [4.78, 5) is 0. The number of hydrogen-bond acceptors (Lipinski definition) is 3. The highest BCUT2D eigenvalue weighted by atomic mass is 16.5. The molecule has 0 spiro atoms. The van der Waals surface area contributed by atoms with Gasteiger partial charge in [0.05, 0.1) is 6.10 Å². The van der Waals surface area contributed by atoms with Gasteiger partial charge in [-0.3, -0.25) is 4.68 Å². The van der Waals surface area contributed by atoms with Gasteiger partial charge in [-0.2, -0.15) is 5.10 Å². The second-order valence-electron chi connectivity index (χ2n) is 4.43. The Morgan fingerprint density at radius 2 is 2.31 bits per heavy atom. The first-order valence-electron chi connectivity index (χ1n) is 5.77. The SMILES string of the molecule is COCC(C)CC(O)CCc1ccnn1C. The van der Waals surface area contributed by atoms with Gasteiger partial charge in [-0.05, 0) is 31.2 Å². The normalized spacial score (nSPS) is 15.0. The largest absolute Gasteiger partial charge is 0.393 e. The molecule has 0 fully saturated rings. The lowest BCUT2D eigenvalue weighted by molar-refractivity contribution is 0.0964. The number of hydrogen-bond donors (Lipinski definition) is 1. The van der Waals surface area contributed by atoms with Crippen molar-refractivity contribution in [2.24, 2.45) is 13.0 Å². The second-order valence-corrected chi connectivity index (χ2v) is 4.43. The van der Waals surface area contributed by atoms with Crippen LogP contribution in [0.2, 0.25) is 0 Å². The van der Waals surface area contributed by atoms with Gasteiger partial charge in [0.15, 0.2) is 0 Å². The average Bonchev–Trinajstić information content (AvgIpc) is 2.61. The first-order valence-corrected chi connectivity index (χ1v) is 5.77. The van der Waals surface area contributed by atoms with Crippen molar-refractivity contribution in [1.82, 2.24) is 9.78 Å². The Kier molecular flexibility index (Phi) is 5.49. The lowest BCUT2D eigenvalue weighted by Crippen LogP contribution is -2.16. The van der Waals surface area contributed by atoms with Crippen LogP contribution in [0.15, 0.2) is 12.3 Å². The van der Waals surface area contributed by atoms with Crippen LogP contribution in [0.4, 0.5) is 0 Å². The topological polar surface area (TPSA) is 47.3 Å². The van der Waals surface area contributed by atoms with Gasteiger partial charge < -0.3 is 9.84 Å². The lowest BCUT2D eigenvalue weighted by atomic mass is 10.0. The van der Waals surface area contributed by atoms with Crippen molar-refractivity contribution in [3.63, 3.8) is 0 Å². The number of aromatic nitrogens is 2. The number of methoxy groups -OCH3 is 1. The zero-order valence-electron chi connectivity index (χ0n) is 10.4. The summed E-state index contributed by atoms with van der Waals surface area (Å²) in [5, 5.41) is 14.0. The molecule has 2 unspecified atom stereocenters. The molecule has 0 aromatic carbocycles. The zero-order chi connectivity index (χ0) is 12.0. The summed E-state index contributed by atoms with van der Waals surface area (Å²) in [6.07, 6.45) is 3.99. The van der Waals surface area contributed by atoms with Crippen molar-refractivity contribution in [1.29, 1.82) is 0 Å². The molecule has 1 heterocycles. The van der Waals surface area contributed by atoms with Gasteiger partial charge in [0.2, 0.25) is 0 Å². The van der Waals surface area contributed by atoms with Crippen LogP contribution in [0.1, 0.15) is 25.5 Å². The molecule has 4 heteroatoms. The minimum atomic E-state index is -0.250. The van der Waals surface area contributed by atoms with Crippen LogP contribution in [0.5, 0.6) is 0 Å². The molecule has 0 amide bonds. The predicted molar refractivity (Wildman–Crippen MR) is 63.2 cm³/mol. The molecule has 0 radical (unpaired) electrons. The van der Waals surface area contributed by atoms with Crippen LogP contribution >= 0.6 is 0 Å². The van der Waals surface area contributed by atoms with E-state index < -0.39 is 0 Å². The minimum absolute atomic E-state index is 0.250. The number of rotatable bonds is 7. The highest BCUT2D eigenvalue weighted by Gasteiger charge is 2.11. The van der Waals surface area contributed by atoms with Crippen LogP contribution in [-0.4, -0.2) is 34.7 Å². The standard InChI is InChI=1S/C12H22N2O2/c1-10(9-16-3)8-12(15)5-4-11-6-7-13-14(11)2/h6-7,10,12,15H,4-5,8-9H2,1-3H3. The van der Waals surface area contributed by atoms with Crippen molar-refractivity contribution >= 4 is 0 Å². The molecule has 0 aliphatic heterocycles. The number of nitrogens with zero attached hydrogens (tertiary/aromatic N) is 2. The molecule has 4 nitrogen and oxygen atoms in total. The smallest absolute Gasteiger partial charge is 0.0547 e. The van der Waals surface area contributed by atoms with Gasteiger partial charge in [-0.15, -0.1) is 0 Å². The number of ether oxygens (including phenoxy) is 1. The van der Waals surface area contributed by atoms with Crippen LogP contribution in [0, 0.1) is 5.92 Å². The highest BCUT2D eigenvalue weighted by molar-refractivity contribution is 5.00. The van der Waals surface area contributed by atoms with Gasteiger partial charge in [0.25, 0.3) is 0 Å². The van der Waals surface area contributed by atoms with Crippen LogP contribution in [0.3, 0.4) is 0 Å². The van der Waals surface area contributed by atoms with Crippen LogP contribution in [0.25, 0.3) is 0 Å². The fraction of sp³-hybridized carbons (Fsp3) is 0.750. The van der Waals surface area contributed by atoms with Gasteiger partial charge in [0.1, 0.15) is 0 Å². The first-order chi connectivity index (χ1) is 7.63. The molecule has 1 aromatic heterocycles. The van der Waals surface area contributed by atoms with E-state index in [1.807, 2.05) is 17.8 Å². The molecular weight excluding hydrogens is 204 g/mol. The van der Waals surface area contributed by atoms with E-state index >= 15 is 0 Å². The maximum atomic E-state index is 9.85. The van der Waals surface area contributed by atoms with E-state index in [9.17, 15) is 5.11 Å². The summed E-state index contributed by atoms with van der Waals surface area (Å²) in [5.74, 6) is 0.409. The Labute approximate surface area is 97.2 Å². The maximum Gasteiger partial charge on any atom is 0.0547 e. The van der Waals surface area contributed by atoms with Crippen LogP contribution < -0.4 is 0 Å². The third-order valence-electron chi connectivity index (χ3n) is 2.78. The van der Waals surface area contributed by atoms with E-state index in [4.69, 9.17) is 4.74 Å². The third kappa shape index (κ3) is 4.33. The lowest BCUT2D eigenvalue weighted by Gasteiger charge is -2.15. The Balaban J connectivity index is 2.25. The zero-order valence-corrected chi connectivity index (χ0v) is 10.4. The monoisotopic (exact) mass is 226 g/mol. The molecular formula is C12H22N2O2. The Morgan fingerprint density at radius 3 is 2.88 bits per heavy atom. The van der Waals surface area contributed by atoms with E-state index in [0.29, 0.717) is 12.5 Å². The van der Waals surface area contributed by atoms with Gasteiger partial charge in [-0.1, -0.05) is 6.92 Å². The van der Waals surface area contributed by atoms with E-state index in [-0.39, 0.29) is 6.10 Å². The van der Waals surface area contributed by atoms with Crippen molar-refractivity contribution in [2.75, 3.05) is 13.7 Å². The van der Waals surface area contributed by atoms with Crippen molar-refractivity contribution in [3.8, 4) is 0 Å². The van der Waals surface area contributed by atoms with Gasteiger partial charge in [0, 0.05) is 32.7 Å². The predicted octanol–water partition coefficient (Wildman–Crippen LogP) is 1.39. The van der Waals surface area contributed by atoms with Crippen molar-refractivity contribution in [2.45, 2.75) is 32.3 Å². The summed E-state index contributed by atoms with van der Waals surface area (Å²) in [7, 11) is 3.62. The molecule has 0 bridgehead atoms. The molecule has 16 heavy (non-hydrogen) atoms. The molecule has 0 aliphatic carbocycles. The maximum absolute atomic E-state index is 9.85. The van der Waals surface area contributed by atoms with Crippen LogP contribution in [-0.2, 0) is 18.2 Å². The molecule has 2 atom stereocenters. The first kappa shape index (κ1) is 13.2. The fourth-order valence-electron chi connectivity index (χ4n) is 1.90. The highest BCUT2D eigenvalue weighted by Crippen LogP contribution is 2.12. The fourth-order valence-corrected chi connectivity index (χ4v) is 1.90. The molecule has 1 rings (SSSR count). The van der Waals surface area contributed by atoms with E-state index in [0.717, 1.165) is 19.3 Å². The van der Waals surface area contributed by atoms with E-state index in [1.165, 1.54) is 5.69 Å². The number of aryl methyl sites for hydroxylation is 2. The van der Waals surface area contributed by atoms with E-state index in [2.05, 4.69) is 12.0 Å². The molecule has 1 N–H and O–H groups in total. The Hall–Kier alpha value is -0.870. The van der Waals surface area contributed by atoms with Gasteiger partial charge >= 0.3 is 0 Å². The van der Waals surface area contributed by atoms with Crippen molar-refractivity contribution < 1.29 is 9.84 Å². The Bertz CT molecular complexity index is 299. The summed E-state index contributed by atoms with van der Waals surface area (Å²) < 4.78 is 6.90. The minimum Gasteiger partial charge on any atom is -0.393 e. The average molecular weight is 226 g/mol. The molecule has 92 valence electrons. The summed E-state index contributed by atoms with van der Waals surface area (Å²) in [6.45, 7) is 2.81. The quantitative estimate of drug-likeness (QED) is 0.764.